The second-order valence-corrected chi connectivity index (χ2v) is 5.51. The van der Waals surface area contributed by atoms with Crippen LogP contribution in [0.2, 0.25) is 0 Å². The van der Waals surface area contributed by atoms with E-state index in [2.05, 4.69) is 24.1 Å². The second kappa shape index (κ2) is 5.70. The van der Waals surface area contributed by atoms with E-state index in [4.69, 9.17) is 0 Å². The first kappa shape index (κ1) is 13.3. The van der Waals surface area contributed by atoms with Crippen molar-refractivity contribution in [2.45, 2.75) is 45.7 Å². The highest BCUT2D eigenvalue weighted by atomic mass is 19.1. The molecule has 1 aliphatic heterocycles. The van der Waals surface area contributed by atoms with E-state index in [1.807, 2.05) is 13.0 Å². The lowest BCUT2D eigenvalue weighted by Crippen LogP contribution is -2.44. The van der Waals surface area contributed by atoms with Gasteiger partial charge >= 0.3 is 0 Å². The summed E-state index contributed by atoms with van der Waals surface area (Å²) in [5, 5.41) is 3.59. The number of halogens is 1. The van der Waals surface area contributed by atoms with Crippen molar-refractivity contribution < 1.29 is 4.39 Å². The number of rotatable bonds is 3. The van der Waals surface area contributed by atoms with Gasteiger partial charge in [-0.05, 0) is 43.5 Å². The van der Waals surface area contributed by atoms with Crippen molar-refractivity contribution in [1.29, 1.82) is 0 Å². The predicted octanol–water partition coefficient (Wildman–Crippen LogP) is 3.10. The van der Waals surface area contributed by atoms with Crippen LogP contribution in [-0.4, -0.2) is 25.2 Å². The molecule has 2 nitrogen and oxygen atoms in total. The average Bonchev–Trinajstić information content (AvgIpc) is 2.30. The zero-order valence-corrected chi connectivity index (χ0v) is 11.5. The molecule has 0 spiro atoms. The molecule has 0 unspecified atom stereocenters. The average molecular weight is 250 g/mol. The lowest BCUT2D eigenvalue weighted by atomic mass is 10.0. The molecule has 0 radical (unpaired) electrons. The van der Waals surface area contributed by atoms with Crippen molar-refractivity contribution in [2.24, 2.45) is 0 Å². The van der Waals surface area contributed by atoms with E-state index in [1.54, 1.807) is 12.1 Å². The number of benzene rings is 1. The third-order valence-electron chi connectivity index (χ3n) is 3.56. The van der Waals surface area contributed by atoms with Gasteiger partial charge in [0.2, 0.25) is 0 Å². The smallest absolute Gasteiger partial charge is 0.123 e. The summed E-state index contributed by atoms with van der Waals surface area (Å²) in [5.41, 5.74) is 2.21. The van der Waals surface area contributed by atoms with Gasteiger partial charge in [-0.3, -0.25) is 0 Å². The minimum atomic E-state index is -0.146. The Balaban J connectivity index is 1.97. The van der Waals surface area contributed by atoms with Crippen LogP contribution in [0.4, 0.5) is 10.1 Å². The molecule has 0 atom stereocenters. The fourth-order valence-corrected chi connectivity index (χ4v) is 2.73. The topological polar surface area (TPSA) is 15.3 Å². The van der Waals surface area contributed by atoms with Crippen molar-refractivity contribution in [3.63, 3.8) is 0 Å². The Hall–Kier alpha value is -1.09. The fraction of sp³-hybridized carbons (Fsp3) is 0.600. The second-order valence-electron chi connectivity index (χ2n) is 5.51. The standard InChI is InChI=1S/C15H23FN2/c1-11(2)17-14-6-8-18(9-7-14)15-5-4-13(16)10-12(15)3/h4-5,10-11,14,17H,6-9H2,1-3H3. The molecular formula is C15H23FN2. The maximum absolute atomic E-state index is 13.1. The van der Waals surface area contributed by atoms with Gasteiger partial charge < -0.3 is 10.2 Å². The van der Waals surface area contributed by atoms with Crippen LogP contribution >= 0.6 is 0 Å². The highest BCUT2D eigenvalue weighted by Gasteiger charge is 2.20. The maximum Gasteiger partial charge on any atom is 0.123 e. The molecule has 1 aromatic rings. The minimum absolute atomic E-state index is 0.146. The molecule has 1 aromatic carbocycles. The fourth-order valence-electron chi connectivity index (χ4n) is 2.73. The molecule has 0 bridgehead atoms. The molecule has 0 aromatic heterocycles. The number of anilines is 1. The van der Waals surface area contributed by atoms with Crippen LogP contribution in [-0.2, 0) is 0 Å². The van der Waals surface area contributed by atoms with Gasteiger partial charge in [0.25, 0.3) is 0 Å². The van der Waals surface area contributed by atoms with E-state index >= 15 is 0 Å². The van der Waals surface area contributed by atoms with Gasteiger partial charge in [0.05, 0.1) is 0 Å². The van der Waals surface area contributed by atoms with E-state index in [-0.39, 0.29) is 5.82 Å². The van der Waals surface area contributed by atoms with Crippen molar-refractivity contribution in [2.75, 3.05) is 18.0 Å². The molecule has 0 aliphatic carbocycles. The number of hydrogen-bond donors (Lipinski definition) is 1. The molecule has 0 amide bonds. The van der Waals surface area contributed by atoms with E-state index in [0.717, 1.165) is 31.5 Å². The Kier molecular flexibility index (Phi) is 4.23. The van der Waals surface area contributed by atoms with Crippen LogP contribution in [0, 0.1) is 12.7 Å². The molecule has 1 aliphatic rings. The first-order valence-electron chi connectivity index (χ1n) is 6.83. The van der Waals surface area contributed by atoms with E-state index in [1.165, 1.54) is 5.69 Å². The van der Waals surface area contributed by atoms with E-state index in [0.29, 0.717) is 12.1 Å². The summed E-state index contributed by atoms with van der Waals surface area (Å²) in [6.45, 7) is 8.47. The van der Waals surface area contributed by atoms with Crippen LogP contribution in [0.3, 0.4) is 0 Å². The predicted molar refractivity (Wildman–Crippen MR) is 74.6 cm³/mol. The first-order valence-corrected chi connectivity index (χ1v) is 6.83. The van der Waals surface area contributed by atoms with Gasteiger partial charge in [-0.2, -0.15) is 0 Å². The Morgan fingerprint density at radius 1 is 1.28 bits per heavy atom. The molecule has 1 heterocycles. The summed E-state index contributed by atoms with van der Waals surface area (Å²) in [6.07, 6.45) is 2.32. The summed E-state index contributed by atoms with van der Waals surface area (Å²) in [7, 11) is 0. The SMILES string of the molecule is Cc1cc(F)ccc1N1CCC(NC(C)C)CC1. The van der Waals surface area contributed by atoms with Gasteiger partial charge in [-0.15, -0.1) is 0 Å². The maximum atomic E-state index is 13.1. The van der Waals surface area contributed by atoms with Gasteiger partial charge in [-0.1, -0.05) is 13.8 Å². The van der Waals surface area contributed by atoms with Crippen molar-refractivity contribution in [3.05, 3.63) is 29.6 Å². The molecular weight excluding hydrogens is 227 g/mol. The summed E-state index contributed by atoms with van der Waals surface area (Å²) in [5.74, 6) is -0.146. The molecule has 2 rings (SSSR count). The summed E-state index contributed by atoms with van der Waals surface area (Å²) >= 11 is 0. The lowest BCUT2D eigenvalue weighted by Gasteiger charge is -2.35. The highest BCUT2D eigenvalue weighted by Crippen LogP contribution is 2.24. The summed E-state index contributed by atoms with van der Waals surface area (Å²) < 4.78 is 13.1. The van der Waals surface area contributed by atoms with Gasteiger partial charge in [0.1, 0.15) is 5.82 Å². The van der Waals surface area contributed by atoms with Crippen molar-refractivity contribution in [1.82, 2.24) is 5.32 Å². The van der Waals surface area contributed by atoms with Crippen LogP contribution in [0.15, 0.2) is 18.2 Å². The number of hydrogen-bond acceptors (Lipinski definition) is 2. The Bertz CT molecular complexity index is 395. The third-order valence-corrected chi connectivity index (χ3v) is 3.56. The van der Waals surface area contributed by atoms with Crippen molar-refractivity contribution >= 4 is 5.69 Å². The van der Waals surface area contributed by atoms with Gasteiger partial charge in [-0.25, -0.2) is 4.39 Å². The van der Waals surface area contributed by atoms with Gasteiger partial charge in [0.15, 0.2) is 0 Å². The highest BCUT2D eigenvalue weighted by molar-refractivity contribution is 5.53. The first-order chi connectivity index (χ1) is 8.56. The number of piperidine rings is 1. The van der Waals surface area contributed by atoms with E-state index < -0.39 is 0 Å². The third kappa shape index (κ3) is 3.22. The summed E-state index contributed by atoms with van der Waals surface area (Å²) in [6, 6.07) is 6.26. The number of aryl methyl sites for hydroxylation is 1. The molecule has 1 fully saturated rings. The Labute approximate surface area is 109 Å². The zero-order chi connectivity index (χ0) is 13.1. The minimum Gasteiger partial charge on any atom is -0.371 e. The molecule has 3 heteroatoms. The largest absolute Gasteiger partial charge is 0.371 e. The van der Waals surface area contributed by atoms with E-state index in [9.17, 15) is 4.39 Å². The number of nitrogens with zero attached hydrogens (tertiary/aromatic N) is 1. The molecule has 18 heavy (non-hydrogen) atoms. The molecule has 0 saturated carbocycles. The van der Waals surface area contributed by atoms with Crippen LogP contribution in [0.25, 0.3) is 0 Å². The molecule has 1 saturated heterocycles. The zero-order valence-electron chi connectivity index (χ0n) is 11.5. The Morgan fingerprint density at radius 3 is 2.50 bits per heavy atom. The van der Waals surface area contributed by atoms with Crippen LogP contribution in [0.1, 0.15) is 32.3 Å². The van der Waals surface area contributed by atoms with Crippen molar-refractivity contribution in [3.8, 4) is 0 Å². The monoisotopic (exact) mass is 250 g/mol. The van der Waals surface area contributed by atoms with Crippen LogP contribution in [0.5, 0.6) is 0 Å². The summed E-state index contributed by atoms with van der Waals surface area (Å²) in [4.78, 5) is 2.37. The molecule has 1 N–H and O–H groups in total. The normalized spacial score (nSPS) is 17.5. The van der Waals surface area contributed by atoms with Gasteiger partial charge in [0, 0.05) is 30.9 Å². The molecule has 100 valence electrons. The lowest BCUT2D eigenvalue weighted by molar-refractivity contribution is 0.387. The quantitative estimate of drug-likeness (QED) is 0.886. The number of nitrogens with one attached hydrogen (secondary N) is 1. The van der Waals surface area contributed by atoms with Crippen LogP contribution < -0.4 is 10.2 Å². The Morgan fingerprint density at radius 2 is 1.94 bits per heavy atom.